The second kappa shape index (κ2) is 6.20. The number of hydrogen-bond acceptors (Lipinski definition) is 5. The molecule has 122 valence electrons. The number of amides is 1. The Morgan fingerprint density at radius 1 is 1.25 bits per heavy atom. The first-order valence-electron chi connectivity index (χ1n) is 8.04. The van der Waals surface area contributed by atoms with E-state index in [1.54, 1.807) is 0 Å². The molecule has 2 aromatic heterocycles. The third-order valence-electron chi connectivity index (χ3n) is 4.76. The van der Waals surface area contributed by atoms with Crippen molar-refractivity contribution < 1.29 is 4.79 Å². The van der Waals surface area contributed by atoms with Gasteiger partial charge in [0, 0.05) is 36.4 Å². The largest absolute Gasteiger partial charge is 0.369 e. The van der Waals surface area contributed by atoms with Crippen LogP contribution in [0, 0.1) is 0 Å². The zero-order valence-electron chi connectivity index (χ0n) is 13.4. The van der Waals surface area contributed by atoms with Crippen LogP contribution in [0.3, 0.4) is 0 Å². The Balaban J connectivity index is 1.76. The maximum atomic E-state index is 10.9. The standard InChI is InChI=1S/C18H18N4OS/c1-22(15-3-2-4-15)16-7-14(9-19-18(16)20-11-23)12-5-6-13-10-21-24-17(13)8-12/h5-11,15H,2-4H2,1H3,(H,19,20,23). The molecule has 1 saturated carbocycles. The molecule has 0 spiro atoms. The minimum atomic E-state index is 0.526. The minimum absolute atomic E-state index is 0.526. The van der Waals surface area contributed by atoms with E-state index in [9.17, 15) is 4.79 Å². The fourth-order valence-electron chi connectivity index (χ4n) is 3.06. The third-order valence-corrected chi connectivity index (χ3v) is 5.52. The van der Waals surface area contributed by atoms with Gasteiger partial charge in [-0.1, -0.05) is 12.1 Å². The van der Waals surface area contributed by atoms with Crippen LogP contribution in [0.15, 0.2) is 36.7 Å². The molecule has 0 unspecified atom stereocenters. The number of benzene rings is 1. The zero-order valence-corrected chi connectivity index (χ0v) is 14.2. The molecular weight excluding hydrogens is 320 g/mol. The van der Waals surface area contributed by atoms with Crippen molar-refractivity contribution >= 4 is 39.5 Å². The Morgan fingerprint density at radius 3 is 2.88 bits per heavy atom. The van der Waals surface area contributed by atoms with Gasteiger partial charge in [0.15, 0.2) is 5.82 Å². The van der Waals surface area contributed by atoms with Gasteiger partial charge in [-0.05, 0) is 48.5 Å². The van der Waals surface area contributed by atoms with Gasteiger partial charge in [-0.2, -0.15) is 4.37 Å². The van der Waals surface area contributed by atoms with Gasteiger partial charge in [0.2, 0.25) is 6.41 Å². The summed E-state index contributed by atoms with van der Waals surface area (Å²) in [5.74, 6) is 0.613. The van der Waals surface area contributed by atoms with Crippen LogP contribution < -0.4 is 10.2 Å². The van der Waals surface area contributed by atoms with Crippen molar-refractivity contribution in [2.45, 2.75) is 25.3 Å². The molecule has 2 heterocycles. The molecule has 24 heavy (non-hydrogen) atoms. The highest BCUT2D eigenvalue weighted by Crippen LogP contribution is 2.35. The van der Waals surface area contributed by atoms with Crippen molar-refractivity contribution in [3.63, 3.8) is 0 Å². The monoisotopic (exact) mass is 338 g/mol. The molecule has 0 radical (unpaired) electrons. The molecule has 5 nitrogen and oxygen atoms in total. The highest BCUT2D eigenvalue weighted by molar-refractivity contribution is 7.13. The Kier molecular flexibility index (Phi) is 3.90. The molecule has 6 heteroatoms. The van der Waals surface area contributed by atoms with Crippen LogP contribution in [-0.2, 0) is 4.79 Å². The van der Waals surface area contributed by atoms with E-state index in [0.717, 1.165) is 26.9 Å². The number of anilines is 2. The fraction of sp³-hybridized carbons (Fsp3) is 0.278. The van der Waals surface area contributed by atoms with Gasteiger partial charge in [0.1, 0.15) is 0 Å². The maximum Gasteiger partial charge on any atom is 0.212 e. The molecule has 0 saturated heterocycles. The van der Waals surface area contributed by atoms with Crippen LogP contribution in [0.4, 0.5) is 11.5 Å². The van der Waals surface area contributed by atoms with E-state index in [1.807, 2.05) is 12.4 Å². The highest BCUT2D eigenvalue weighted by Gasteiger charge is 2.24. The summed E-state index contributed by atoms with van der Waals surface area (Å²) in [6.07, 6.45) is 8.02. The molecule has 1 fully saturated rings. The lowest BCUT2D eigenvalue weighted by molar-refractivity contribution is -0.105. The summed E-state index contributed by atoms with van der Waals surface area (Å²) in [6, 6.07) is 8.95. The average molecular weight is 338 g/mol. The number of nitrogens with zero attached hydrogens (tertiary/aromatic N) is 3. The molecule has 1 aliphatic rings. The van der Waals surface area contributed by atoms with E-state index >= 15 is 0 Å². The van der Waals surface area contributed by atoms with Gasteiger partial charge in [-0.3, -0.25) is 4.79 Å². The number of aromatic nitrogens is 2. The molecule has 4 rings (SSSR count). The molecule has 0 atom stereocenters. The Hall–Kier alpha value is -2.47. The molecule has 1 aliphatic carbocycles. The van der Waals surface area contributed by atoms with Crippen molar-refractivity contribution in [1.82, 2.24) is 9.36 Å². The van der Waals surface area contributed by atoms with Gasteiger partial charge in [-0.15, -0.1) is 0 Å². The van der Waals surface area contributed by atoms with E-state index in [-0.39, 0.29) is 0 Å². The van der Waals surface area contributed by atoms with Gasteiger partial charge < -0.3 is 10.2 Å². The number of carbonyl (C=O) groups excluding carboxylic acids is 1. The topological polar surface area (TPSA) is 58.1 Å². The SMILES string of the molecule is CN(c1cc(-c2ccc3cnsc3c2)cnc1NC=O)C1CCC1. The van der Waals surface area contributed by atoms with Crippen molar-refractivity contribution in [2.24, 2.45) is 0 Å². The number of fused-ring (bicyclic) bond motifs is 1. The van der Waals surface area contributed by atoms with Crippen molar-refractivity contribution in [3.8, 4) is 11.1 Å². The molecule has 1 N–H and O–H groups in total. The number of pyridine rings is 1. The quantitative estimate of drug-likeness (QED) is 0.717. The van der Waals surface area contributed by atoms with Crippen molar-refractivity contribution in [2.75, 3.05) is 17.3 Å². The summed E-state index contributed by atoms with van der Waals surface area (Å²) in [5.41, 5.74) is 3.12. The van der Waals surface area contributed by atoms with E-state index < -0.39 is 0 Å². The minimum Gasteiger partial charge on any atom is -0.369 e. The van der Waals surface area contributed by atoms with E-state index in [0.29, 0.717) is 18.3 Å². The summed E-state index contributed by atoms with van der Waals surface area (Å²) in [4.78, 5) is 17.6. The average Bonchev–Trinajstić information content (AvgIpc) is 3.01. The number of rotatable bonds is 5. The van der Waals surface area contributed by atoms with Crippen LogP contribution in [-0.4, -0.2) is 28.9 Å². The first kappa shape index (κ1) is 15.1. The lowest BCUT2D eigenvalue weighted by atomic mass is 9.91. The number of nitrogens with one attached hydrogen (secondary N) is 1. The zero-order chi connectivity index (χ0) is 16.5. The number of carbonyl (C=O) groups is 1. The van der Waals surface area contributed by atoms with Crippen LogP contribution in [0.2, 0.25) is 0 Å². The van der Waals surface area contributed by atoms with E-state index in [1.165, 1.54) is 30.8 Å². The second-order valence-electron chi connectivity index (χ2n) is 6.13. The fourth-order valence-corrected chi connectivity index (χ4v) is 3.74. The van der Waals surface area contributed by atoms with E-state index in [2.05, 4.69) is 50.9 Å². The van der Waals surface area contributed by atoms with Gasteiger partial charge >= 0.3 is 0 Å². The maximum absolute atomic E-state index is 10.9. The molecule has 1 aromatic carbocycles. The smallest absolute Gasteiger partial charge is 0.212 e. The van der Waals surface area contributed by atoms with Crippen molar-refractivity contribution in [3.05, 3.63) is 36.7 Å². The van der Waals surface area contributed by atoms with Crippen LogP contribution in [0.1, 0.15) is 19.3 Å². The summed E-state index contributed by atoms with van der Waals surface area (Å²) in [6.45, 7) is 0. The lowest BCUT2D eigenvalue weighted by Crippen LogP contribution is -2.37. The summed E-state index contributed by atoms with van der Waals surface area (Å²) in [7, 11) is 2.08. The molecule has 0 bridgehead atoms. The normalized spacial score (nSPS) is 14.4. The summed E-state index contributed by atoms with van der Waals surface area (Å²) >= 11 is 1.50. The van der Waals surface area contributed by atoms with E-state index in [4.69, 9.17) is 0 Å². The third kappa shape index (κ3) is 2.63. The van der Waals surface area contributed by atoms with Crippen LogP contribution >= 0.6 is 11.5 Å². The summed E-state index contributed by atoms with van der Waals surface area (Å²) < 4.78 is 5.39. The van der Waals surface area contributed by atoms with Crippen molar-refractivity contribution in [1.29, 1.82) is 0 Å². The lowest BCUT2D eigenvalue weighted by Gasteiger charge is -2.37. The first-order valence-corrected chi connectivity index (χ1v) is 8.81. The molecular formula is C18H18N4OS. The molecule has 1 amide bonds. The number of hydrogen-bond donors (Lipinski definition) is 1. The van der Waals surface area contributed by atoms with Crippen LogP contribution in [0.25, 0.3) is 21.2 Å². The second-order valence-corrected chi connectivity index (χ2v) is 6.96. The first-order chi connectivity index (χ1) is 11.8. The Morgan fingerprint density at radius 2 is 2.12 bits per heavy atom. The van der Waals surface area contributed by atoms with Gasteiger partial charge in [-0.25, -0.2) is 4.98 Å². The van der Waals surface area contributed by atoms with Gasteiger partial charge in [0.05, 0.1) is 10.4 Å². The van der Waals surface area contributed by atoms with Crippen LogP contribution in [0.5, 0.6) is 0 Å². The summed E-state index contributed by atoms with van der Waals surface area (Å²) in [5, 5.41) is 3.88. The Labute approximate surface area is 144 Å². The molecule has 0 aliphatic heterocycles. The predicted octanol–water partition coefficient (Wildman–Crippen LogP) is 3.92. The molecule has 3 aromatic rings. The Bertz CT molecular complexity index is 888. The predicted molar refractivity (Wildman–Crippen MR) is 98.6 cm³/mol. The van der Waals surface area contributed by atoms with Gasteiger partial charge in [0.25, 0.3) is 0 Å². The highest BCUT2D eigenvalue weighted by atomic mass is 32.1.